The van der Waals surface area contributed by atoms with Crippen LogP contribution < -0.4 is 5.56 Å². The van der Waals surface area contributed by atoms with Crippen molar-refractivity contribution < 1.29 is 18.3 Å². The van der Waals surface area contributed by atoms with Gasteiger partial charge >= 0.3 is 6.18 Å². The molecule has 0 aliphatic carbocycles. The molecule has 21 heavy (non-hydrogen) atoms. The predicted molar refractivity (Wildman–Crippen MR) is 65.7 cm³/mol. The van der Waals surface area contributed by atoms with Gasteiger partial charge in [0.1, 0.15) is 11.9 Å². The number of aromatic amines is 1. The van der Waals surface area contributed by atoms with Crippen LogP contribution >= 0.6 is 0 Å². The van der Waals surface area contributed by atoms with Gasteiger partial charge in [0.25, 0.3) is 5.56 Å². The van der Waals surface area contributed by atoms with Crippen molar-refractivity contribution in [3.8, 4) is 17.0 Å². The van der Waals surface area contributed by atoms with Crippen molar-refractivity contribution in [1.29, 1.82) is 0 Å². The molecule has 0 unspecified atom stereocenters. The molecule has 3 rings (SSSR count). The van der Waals surface area contributed by atoms with E-state index in [0.717, 1.165) is 23.0 Å². The minimum atomic E-state index is -4.66. The fourth-order valence-electron chi connectivity index (χ4n) is 2.04. The maximum absolute atomic E-state index is 13.0. The molecule has 2 aromatic heterocycles. The van der Waals surface area contributed by atoms with Crippen LogP contribution in [0.1, 0.15) is 5.56 Å². The molecule has 0 aliphatic rings. The molecule has 3 aromatic rings. The summed E-state index contributed by atoms with van der Waals surface area (Å²) in [5.41, 5.74) is -2.85. The standard InChI is InChI=1S/C12H7F3N4O2/c13-12(14,15)7-4-2-1-3-6(7)8-9(20)18-11-16-5-17-19(11)10(8)21/h1-5,21H,(H,16,17,18,20). The van der Waals surface area contributed by atoms with Gasteiger partial charge in [-0.05, 0) is 6.07 Å². The zero-order valence-corrected chi connectivity index (χ0v) is 10.2. The summed E-state index contributed by atoms with van der Waals surface area (Å²) in [5.74, 6) is -0.770. The van der Waals surface area contributed by atoms with Gasteiger partial charge in [0.2, 0.25) is 11.7 Å². The van der Waals surface area contributed by atoms with Crippen molar-refractivity contribution in [2.45, 2.75) is 6.18 Å². The number of nitrogens with one attached hydrogen (secondary N) is 1. The third kappa shape index (κ3) is 2.02. The summed E-state index contributed by atoms with van der Waals surface area (Å²) in [5, 5.41) is 13.7. The van der Waals surface area contributed by atoms with Crippen molar-refractivity contribution in [2.24, 2.45) is 0 Å². The van der Waals surface area contributed by atoms with Crippen LogP contribution in [-0.4, -0.2) is 24.7 Å². The number of benzene rings is 1. The van der Waals surface area contributed by atoms with Crippen LogP contribution in [0.3, 0.4) is 0 Å². The third-order valence-corrected chi connectivity index (χ3v) is 2.93. The van der Waals surface area contributed by atoms with Gasteiger partial charge in [0.15, 0.2) is 0 Å². The molecule has 1 aromatic carbocycles. The average Bonchev–Trinajstić information content (AvgIpc) is 2.86. The Labute approximate surface area is 114 Å². The Morgan fingerprint density at radius 3 is 2.67 bits per heavy atom. The van der Waals surface area contributed by atoms with Crippen LogP contribution in [0.25, 0.3) is 16.9 Å². The lowest BCUT2D eigenvalue weighted by atomic mass is 10.0. The number of hydrogen-bond acceptors (Lipinski definition) is 4. The number of nitrogens with zero attached hydrogens (tertiary/aromatic N) is 3. The van der Waals surface area contributed by atoms with Gasteiger partial charge in [-0.15, -0.1) is 0 Å². The van der Waals surface area contributed by atoms with Crippen LogP contribution in [0.15, 0.2) is 35.4 Å². The lowest BCUT2D eigenvalue weighted by Crippen LogP contribution is -2.16. The van der Waals surface area contributed by atoms with E-state index in [0.29, 0.717) is 0 Å². The number of halogens is 3. The van der Waals surface area contributed by atoms with Crippen LogP contribution in [0.2, 0.25) is 0 Å². The van der Waals surface area contributed by atoms with E-state index in [4.69, 9.17) is 0 Å². The quantitative estimate of drug-likeness (QED) is 0.717. The van der Waals surface area contributed by atoms with Crippen LogP contribution in [-0.2, 0) is 6.18 Å². The maximum Gasteiger partial charge on any atom is 0.417 e. The van der Waals surface area contributed by atoms with E-state index >= 15 is 0 Å². The Morgan fingerprint density at radius 1 is 1.24 bits per heavy atom. The number of H-pyrrole nitrogens is 1. The zero-order chi connectivity index (χ0) is 15.2. The summed E-state index contributed by atoms with van der Waals surface area (Å²) in [6.07, 6.45) is -3.60. The van der Waals surface area contributed by atoms with Crippen LogP contribution in [0.4, 0.5) is 13.2 Å². The maximum atomic E-state index is 13.0. The van der Waals surface area contributed by atoms with Gasteiger partial charge in [0, 0.05) is 5.56 Å². The monoisotopic (exact) mass is 296 g/mol. The molecular weight excluding hydrogens is 289 g/mol. The molecule has 0 amide bonds. The van der Waals surface area contributed by atoms with Crippen molar-refractivity contribution in [2.75, 3.05) is 0 Å². The van der Waals surface area contributed by atoms with Crippen molar-refractivity contribution in [3.05, 3.63) is 46.5 Å². The number of fused-ring (bicyclic) bond motifs is 1. The van der Waals surface area contributed by atoms with E-state index in [1.54, 1.807) is 0 Å². The third-order valence-electron chi connectivity index (χ3n) is 2.93. The summed E-state index contributed by atoms with van der Waals surface area (Å²) in [4.78, 5) is 17.9. The van der Waals surface area contributed by atoms with Gasteiger partial charge in [-0.2, -0.15) is 27.8 Å². The van der Waals surface area contributed by atoms with Gasteiger partial charge in [-0.25, -0.2) is 0 Å². The van der Waals surface area contributed by atoms with Crippen LogP contribution in [0.5, 0.6) is 5.88 Å². The highest BCUT2D eigenvalue weighted by molar-refractivity contribution is 5.72. The van der Waals surface area contributed by atoms with E-state index in [1.807, 2.05) is 0 Å². The first-order chi connectivity index (χ1) is 9.89. The Hall–Kier alpha value is -2.84. The minimum Gasteiger partial charge on any atom is -0.493 e. The molecule has 9 heteroatoms. The second kappa shape index (κ2) is 4.33. The van der Waals surface area contributed by atoms with Crippen molar-refractivity contribution >= 4 is 5.78 Å². The van der Waals surface area contributed by atoms with E-state index in [1.165, 1.54) is 12.1 Å². The Kier molecular flexibility index (Phi) is 2.71. The molecule has 108 valence electrons. The summed E-state index contributed by atoms with van der Waals surface area (Å²) in [6, 6.07) is 4.48. The molecule has 0 saturated carbocycles. The average molecular weight is 296 g/mol. The fraction of sp³-hybridized carbons (Fsp3) is 0.0833. The number of hydrogen-bond donors (Lipinski definition) is 2. The van der Waals surface area contributed by atoms with Crippen molar-refractivity contribution in [3.63, 3.8) is 0 Å². The normalized spacial score (nSPS) is 12.0. The SMILES string of the molecule is O=c1[nH]c2ncnn2c(O)c1-c1ccccc1C(F)(F)F. The van der Waals surface area contributed by atoms with Gasteiger partial charge in [-0.1, -0.05) is 18.2 Å². The number of aromatic nitrogens is 4. The number of aromatic hydroxyl groups is 1. The molecule has 2 N–H and O–H groups in total. The second-order valence-corrected chi connectivity index (χ2v) is 4.19. The van der Waals surface area contributed by atoms with E-state index in [-0.39, 0.29) is 5.78 Å². The van der Waals surface area contributed by atoms with E-state index in [9.17, 15) is 23.1 Å². The minimum absolute atomic E-state index is 0.0641. The van der Waals surface area contributed by atoms with Gasteiger partial charge < -0.3 is 5.11 Å². The summed E-state index contributed by atoms with van der Waals surface area (Å²) < 4.78 is 39.9. The smallest absolute Gasteiger partial charge is 0.417 e. The number of alkyl halides is 3. The topological polar surface area (TPSA) is 83.3 Å². The largest absolute Gasteiger partial charge is 0.493 e. The summed E-state index contributed by atoms with van der Waals surface area (Å²) >= 11 is 0. The molecule has 0 fully saturated rings. The zero-order valence-electron chi connectivity index (χ0n) is 10.2. The lowest BCUT2D eigenvalue weighted by molar-refractivity contribution is -0.137. The molecule has 0 aliphatic heterocycles. The fourth-order valence-corrected chi connectivity index (χ4v) is 2.04. The van der Waals surface area contributed by atoms with E-state index in [2.05, 4.69) is 15.1 Å². The summed E-state index contributed by atoms with van der Waals surface area (Å²) in [6.45, 7) is 0. The highest BCUT2D eigenvalue weighted by Crippen LogP contribution is 2.38. The molecule has 2 heterocycles. The summed E-state index contributed by atoms with van der Waals surface area (Å²) in [7, 11) is 0. The van der Waals surface area contributed by atoms with Crippen LogP contribution in [0, 0.1) is 0 Å². The Morgan fingerprint density at radius 2 is 1.95 bits per heavy atom. The number of rotatable bonds is 1. The van der Waals surface area contributed by atoms with Gasteiger partial charge in [-0.3, -0.25) is 9.78 Å². The Bertz CT molecular complexity index is 882. The second-order valence-electron chi connectivity index (χ2n) is 4.19. The highest BCUT2D eigenvalue weighted by atomic mass is 19.4. The molecular formula is C12H7F3N4O2. The Balaban J connectivity index is 2.39. The molecule has 0 radical (unpaired) electrons. The highest BCUT2D eigenvalue weighted by Gasteiger charge is 2.35. The first-order valence-electron chi connectivity index (χ1n) is 5.71. The van der Waals surface area contributed by atoms with Gasteiger partial charge in [0.05, 0.1) is 5.56 Å². The first-order valence-corrected chi connectivity index (χ1v) is 5.71. The molecule has 0 bridgehead atoms. The predicted octanol–water partition coefficient (Wildman–Crippen LogP) is 1.81. The van der Waals surface area contributed by atoms with Crippen molar-refractivity contribution in [1.82, 2.24) is 19.6 Å². The molecule has 0 atom stereocenters. The lowest BCUT2D eigenvalue weighted by Gasteiger charge is -2.13. The molecule has 0 saturated heterocycles. The molecule has 6 nitrogen and oxygen atoms in total. The molecule has 0 spiro atoms. The first kappa shape index (κ1) is 13.2. The van der Waals surface area contributed by atoms with E-state index < -0.39 is 34.3 Å².